The molecule has 1 unspecified atom stereocenters. The van der Waals surface area contributed by atoms with E-state index in [1.807, 2.05) is 41.9 Å². The molecule has 0 radical (unpaired) electrons. The average molecular weight is 424 g/mol. The van der Waals surface area contributed by atoms with Crippen LogP contribution in [0.3, 0.4) is 0 Å². The summed E-state index contributed by atoms with van der Waals surface area (Å²) in [7, 11) is 1.91. The van der Waals surface area contributed by atoms with Gasteiger partial charge in [0, 0.05) is 48.7 Å². The molecule has 1 N–H and O–H groups in total. The van der Waals surface area contributed by atoms with Crippen molar-refractivity contribution in [2.75, 3.05) is 11.9 Å². The molecule has 1 aliphatic rings. The molecule has 0 spiro atoms. The third-order valence-electron chi connectivity index (χ3n) is 5.39. The molecule has 8 nitrogen and oxygen atoms in total. The Morgan fingerprint density at radius 3 is 2.80 bits per heavy atom. The predicted molar refractivity (Wildman–Crippen MR) is 117 cm³/mol. The Morgan fingerprint density at radius 1 is 1.27 bits per heavy atom. The number of nitrogens with one attached hydrogen (secondary N) is 1. The van der Waals surface area contributed by atoms with Crippen molar-refractivity contribution in [1.29, 1.82) is 0 Å². The molecule has 0 aliphatic carbocycles. The summed E-state index contributed by atoms with van der Waals surface area (Å²) in [5, 5.41) is 10.3. The molecule has 4 heterocycles. The summed E-state index contributed by atoms with van der Waals surface area (Å²) in [5.74, 6) is 0.524. The fraction of sp³-hybridized carbons (Fsp3) is 0.381. The molecule has 0 aromatic carbocycles. The monoisotopic (exact) mass is 423 g/mol. The summed E-state index contributed by atoms with van der Waals surface area (Å²) in [6, 6.07) is 1.75. The van der Waals surface area contributed by atoms with E-state index in [-0.39, 0.29) is 11.9 Å². The summed E-state index contributed by atoms with van der Waals surface area (Å²) in [6.07, 6.45) is 9.92. The zero-order valence-electron chi connectivity index (χ0n) is 17.4. The van der Waals surface area contributed by atoms with Crippen molar-refractivity contribution in [2.24, 2.45) is 7.05 Å². The van der Waals surface area contributed by atoms with Crippen LogP contribution in [0.4, 0.5) is 11.1 Å². The molecule has 1 aliphatic heterocycles. The molecule has 1 fully saturated rings. The van der Waals surface area contributed by atoms with Gasteiger partial charge >= 0.3 is 0 Å². The number of piperidine rings is 1. The van der Waals surface area contributed by atoms with Crippen molar-refractivity contribution in [3.63, 3.8) is 0 Å². The van der Waals surface area contributed by atoms with Crippen molar-refractivity contribution < 1.29 is 4.79 Å². The number of aromatic nitrogens is 5. The van der Waals surface area contributed by atoms with Gasteiger partial charge in [0.2, 0.25) is 11.9 Å². The lowest BCUT2D eigenvalue weighted by Gasteiger charge is -2.34. The van der Waals surface area contributed by atoms with Gasteiger partial charge in [-0.25, -0.2) is 15.0 Å². The van der Waals surface area contributed by atoms with Crippen LogP contribution in [0.15, 0.2) is 29.9 Å². The number of nitrogens with zero attached hydrogens (tertiary/aromatic N) is 6. The van der Waals surface area contributed by atoms with Crippen LogP contribution in [0.5, 0.6) is 0 Å². The second-order valence-electron chi connectivity index (χ2n) is 7.36. The minimum Gasteiger partial charge on any atom is -0.331 e. The van der Waals surface area contributed by atoms with Gasteiger partial charge in [0.25, 0.3) is 0 Å². The molecule has 3 aromatic rings. The highest BCUT2D eigenvalue weighted by Gasteiger charge is 2.28. The molecular formula is C21H25N7OS. The Hall–Kier alpha value is -3.07. The third kappa shape index (κ3) is 4.25. The van der Waals surface area contributed by atoms with E-state index < -0.39 is 0 Å². The Labute approximate surface area is 179 Å². The number of carbonyl (C=O) groups is 1. The largest absolute Gasteiger partial charge is 0.331 e. The Balaban J connectivity index is 1.50. The van der Waals surface area contributed by atoms with Gasteiger partial charge in [-0.15, -0.1) is 11.3 Å². The Bertz CT molecular complexity index is 1060. The first kappa shape index (κ1) is 20.2. The molecule has 9 heteroatoms. The molecule has 0 saturated carbocycles. The van der Waals surface area contributed by atoms with E-state index in [0.717, 1.165) is 53.6 Å². The number of hydrogen-bond donors (Lipinski definition) is 1. The van der Waals surface area contributed by atoms with Gasteiger partial charge in [-0.05, 0) is 45.3 Å². The summed E-state index contributed by atoms with van der Waals surface area (Å²) < 4.78 is 1.84. The molecule has 4 rings (SSSR count). The van der Waals surface area contributed by atoms with Crippen LogP contribution in [0, 0.1) is 13.8 Å². The first-order valence-electron chi connectivity index (χ1n) is 10.0. The van der Waals surface area contributed by atoms with Gasteiger partial charge in [-0.2, -0.15) is 5.10 Å². The van der Waals surface area contributed by atoms with Gasteiger partial charge in [0.15, 0.2) is 5.13 Å². The number of rotatable bonds is 5. The highest BCUT2D eigenvalue weighted by molar-refractivity contribution is 7.13. The van der Waals surface area contributed by atoms with E-state index in [4.69, 9.17) is 4.98 Å². The van der Waals surface area contributed by atoms with Crippen molar-refractivity contribution >= 4 is 34.4 Å². The van der Waals surface area contributed by atoms with Gasteiger partial charge in [-0.3, -0.25) is 9.48 Å². The summed E-state index contributed by atoms with van der Waals surface area (Å²) in [6.45, 7) is 4.70. The van der Waals surface area contributed by atoms with E-state index in [1.54, 1.807) is 24.5 Å². The zero-order valence-corrected chi connectivity index (χ0v) is 18.2. The normalized spacial score (nSPS) is 16.9. The third-order valence-corrected chi connectivity index (χ3v) is 6.17. The molecule has 30 heavy (non-hydrogen) atoms. The van der Waals surface area contributed by atoms with Crippen molar-refractivity contribution in [3.8, 4) is 0 Å². The highest BCUT2D eigenvalue weighted by Crippen LogP contribution is 2.33. The maximum absolute atomic E-state index is 13.0. The van der Waals surface area contributed by atoms with E-state index in [9.17, 15) is 4.79 Å². The minimum absolute atomic E-state index is 0.0104. The summed E-state index contributed by atoms with van der Waals surface area (Å²) in [4.78, 5) is 28.0. The number of thiazole rings is 1. The zero-order chi connectivity index (χ0) is 21.1. The van der Waals surface area contributed by atoms with Gasteiger partial charge < -0.3 is 10.2 Å². The predicted octanol–water partition coefficient (Wildman–Crippen LogP) is 3.79. The first-order valence-corrected chi connectivity index (χ1v) is 10.9. The van der Waals surface area contributed by atoms with Crippen molar-refractivity contribution in [1.82, 2.24) is 29.6 Å². The maximum atomic E-state index is 13.0. The number of aryl methyl sites for hydroxylation is 2. The van der Waals surface area contributed by atoms with Gasteiger partial charge in [0.1, 0.15) is 0 Å². The Morgan fingerprint density at radius 2 is 2.07 bits per heavy atom. The lowest BCUT2D eigenvalue weighted by Crippen LogP contribution is -2.37. The second kappa shape index (κ2) is 8.74. The van der Waals surface area contributed by atoms with Gasteiger partial charge in [0.05, 0.1) is 17.4 Å². The first-order chi connectivity index (χ1) is 14.5. The van der Waals surface area contributed by atoms with Crippen LogP contribution < -0.4 is 5.32 Å². The smallest absolute Gasteiger partial charge is 0.247 e. The number of carbonyl (C=O) groups excluding carboxylic acids is 1. The topological polar surface area (TPSA) is 88.8 Å². The second-order valence-corrected chi connectivity index (χ2v) is 8.22. The summed E-state index contributed by atoms with van der Waals surface area (Å²) in [5.41, 5.74) is 3.88. The van der Waals surface area contributed by atoms with E-state index in [2.05, 4.69) is 20.4 Å². The fourth-order valence-corrected chi connectivity index (χ4v) is 4.49. The average Bonchev–Trinajstić information content (AvgIpc) is 3.31. The summed E-state index contributed by atoms with van der Waals surface area (Å²) >= 11 is 1.50. The standard InChI is InChI=1S/C21H25N7OS/c1-14-16(15(2)27(3)26-14)8-9-19(29)28-12-5-4-7-18(28)17-13-30-21(24-17)25-20-22-10-6-11-23-20/h6,8-11,13,18H,4-5,7,12H2,1-3H3,(H,22,23,24,25)/b9-8+. The fourth-order valence-electron chi connectivity index (χ4n) is 3.74. The molecule has 1 saturated heterocycles. The van der Waals surface area contributed by atoms with Crippen LogP contribution in [-0.4, -0.2) is 42.1 Å². The number of anilines is 2. The van der Waals surface area contributed by atoms with Crippen LogP contribution in [0.2, 0.25) is 0 Å². The molecule has 1 atom stereocenters. The van der Waals surface area contributed by atoms with E-state index in [0.29, 0.717) is 5.95 Å². The molecule has 156 valence electrons. The molecule has 0 bridgehead atoms. The van der Waals surface area contributed by atoms with Crippen LogP contribution >= 0.6 is 11.3 Å². The quantitative estimate of drug-likeness (QED) is 0.628. The maximum Gasteiger partial charge on any atom is 0.247 e. The number of amides is 1. The number of likely N-dealkylation sites (tertiary alicyclic amines) is 1. The molecule has 1 amide bonds. The molecule has 3 aromatic heterocycles. The lowest BCUT2D eigenvalue weighted by molar-refractivity contribution is -0.129. The van der Waals surface area contributed by atoms with Crippen LogP contribution in [0.25, 0.3) is 6.08 Å². The minimum atomic E-state index is -0.0181. The van der Waals surface area contributed by atoms with Gasteiger partial charge in [-0.1, -0.05) is 0 Å². The molecular weight excluding hydrogens is 398 g/mol. The van der Waals surface area contributed by atoms with Crippen LogP contribution in [0.1, 0.15) is 47.9 Å². The SMILES string of the molecule is Cc1nn(C)c(C)c1/C=C/C(=O)N1CCCCC1c1csc(Nc2ncccn2)n1. The van der Waals surface area contributed by atoms with Crippen molar-refractivity contribution in [2.45, 2.75) is 39.2 Å². The highest BCUT2D eigenvalue weighted by atomic mass is 32.1. The van der Waals surface area contributed by atoms with E-state index >= 15 is 0 Å². The van der Waals surface area contributed by atoms with Crippen LogP contribution in [-0.2, 0) is 11.8 Å². The number of hydrogen-bond acceptors (Lipinski definition) is 7. The Kier molecular flexibility index (Phi) is 5.89. The van der Waals surface area contributed by atoms with E-state index in [1.165, 1.54) is 11.3 Å². The van der Waals surface area contributed by atoms with Crippen molar-refractivity contribution in [3.05, 3.63) is 52.6 Å². The lowest BCUT2D eigenvalue weighted by atomic mass is 9.99.